The molecule has 110 valence electrons. The largest absolute Gasteiger partial charge is 0.468 e. The molecule has 0 radical (unpaired) electrons. The van der Waals surface area contributed by atoms with E-state index in [0.717, 1.165) is 5.56 Å². The number of hydrogen-bond acceptors (Lipinski definition) is 4. The molecule has 2 amide bonds. The second-order valence-electron chi connectivity index (χ2n) is 4.31. The number of likely N-dealkylation sites (N-methyl/N-ethyl adjacent to an activating group) is 1. The monoisotopic (exact) mass is 297 g/mol. The van der Waals surface area contributed by atoms with Gasteiger partial charge < -0.3 is 15.4 Å². The van der Waals surface area contributed by atoms with Crippen molar-refractivity contribution in [1.82, 2.24) is 9.99 Å². The number of esters is 1. The van der Waals surface area contributed by atoms with Gasteiger partial charge in [0.2, 0.25) is 0 Å². The van der Waals surface area contributed by atoms with Gasteiger partial charge in [-0.1, -0.05) is 21.5 Å². The average Bonchev–Trinajstić information content (AvgIpc) is 2.45. The quantitative estimate of drug-likeness (QED) is 0.634. The molecule has 0 saturated heterocycles. The van der Waals surface area contributed by atoms with Crippen molar-refractivity contribution in [2.45, 2.75) is 12.5 Å². The Morgan fingerprint density at radius 2 is 1.95 bits per heavy atom. The van der Waals surface area contributed by atoms with Gasteiger partial charge in [-0.05, 0) is 31.2 Å². The molecule has 1 aromatic carbocycles. The summed E-state index contributed by atoms with van der Waals surface area (Å²) in [5, 5.41) is 5.15. The molecule has 0 aliphatic heterocycles. The van der Waals surface area contributed by atoms with Crippen molar-refractivity contribution in [3.63, 3.8) is 0 Å². The van der Waals surface area contributed by atoms with Gasteiger partial charge in [-0.2, -0.15) is 0 Å². The molecule has 0 spiro atoms. The van der Waals surface area contributed by atoms with Crippen molar-refractivity contribution in [3.05, 3.63) is 29.8 Å². The van der Waals surface area contributed by atoms with Gasteiger partial charge in [0, 0.05) is 12.7 Å². The Labute approximate surface area is 121 Å². The number of methoxy groups -OCH3 is 1. The predicted octanol–water partition coefficient (Wildman–Crippen LogP) is 1.24. The molecule has 2 N–H and O–H groups in total. The number of urea groups is 1. The lowest BCUT2D eigenvalue weighted by atomic mass is 10.1. The van der Waals surface area contributed by atoms with Crippen molar-refractivity contribution in [2.24, 2.45) is 0 Å². The van der Waals surface area contributed by atoms with Gasteiger partial charge >= 0.3 is 12.0 Å². The maximum absolute atomic E-state index is 11.7. The molecule has 0 saturated carbocycles. The Kier molecular flexibility index (Phi) is 6.42. The smallest absolute Gasteiger partial charge is 0.323 e. The Balaban J connectivity index is 2.72. The van der Waals surface area contributed by atoms with Crippen LogP contribution in [0.25, 0.3) is 0 Å². The molecule has 1 rings (SSSR count). The molecule has 0 heterocycles. The van der Waals surface area contributed by atoms with E-state index in [2.05, 4.69) is 20.0 Å². The summed E-state index contributed by atoms with van der Waals surface area (Å²) >= 11 is 0. The minimum Gasteiger partial charge on any atom is -0.468 e. The van der Waals surface area contributed by atoms with Crippen LogP contribution in [0, 0.1) is 0 Å². The second-order valence-corrected chi connectivity index (χ2v) is 5.12. The number of nitrogens with zero attached hydrogens (tertiary/aromatic N) is 1. The van der Waals surface area contributed by atoms with E-state index in [0.29, 0.717) is 12.1 Å². The molecule has 0 aromatic heterocycles. The van der Waals surface area contributed by atoms with E-state index in [1.165, 1.54) is 7.11 Å². The van der Waals surface area contributed by atoms with Gasteiger partial charge in [0.15, 0.2) is 0 Å². The zero-order valence-electron chi connectivity index (χ0n) is 11.8. The second kappa shape index (κ2) is 7.82. The summed E-state index contributed by atoms with van der Waals surface area (Å²) in [6.07, 6.45) is 0.535. The number of ether oxygens (including phenoxy) is 1. The highest BCUT2D eigenvalue weighted by atomic mass is 31.0. The van der Waals surface area contributed by atoms with Crippen LogP contribution >= 0.6 is 9.39 Å². The predicted molar refractivity (Wildman–Crippen MR) is 81.5 cm³/mol. The zero-order valence-corrected chi connectivity index (χ0v) is 13.0. The van der Waals surface area contributed by atoms with Gasteiger partial charge in [-0.15, -0.1) is 0 Å². The fraction of sp³-hybridized carbons (Fsp3) is 0.385. The Morgan fingerprint density at radius 1 is 1.35 bits per heavy atom. The number of carbonyl (C=O) groups excluding carboxylic acids is 2. The SMILES string of the molecule is CNC(=O)Nc1ccc(C[C@@H](C(=O)OC)N(C)P)cc1. The number of rotatable bonds is 5. The summed E-state index contributed by atoms with van der Waals surface area (Å²) < 4.78 is 6.52. The first kappa shape index (κ1) is 16.4. The van der Waals surface area contributed by atoms with Crippen LogP contribution in [0.5, 0.6) is 0 Å². The van der Waals surface area contributed by atoms with Crippen molar-refractivity contribution in [1.29, 1.82) is 0 Å². The minimum atomic E-state index is -0.359. The molecule has 2 atom stereocenters. The number of nitrogens with one attached hydrogen (secondary N) is 2. The van der Waals surface area contributed by atoms with Crippen LogP contribution in [0.4, 0.5) is 10.5 Å². The van der Waals surface area contributed by atoms with E-state index in [4.69, 9.17) is 4.74 Å². The molecule has 0 aliphatic rings. The van der Waals surface area contributed by atoms with E-state index in [1.54, 1.807) is 30.9 Å². The lowest BCUT2D eigenvalue weighted by Gasteiger charge is -2.21. The molecule has 20 heavy (non-hydrogen) atoms. The van der Waals surface area contributed by atoms with Crippen LogP contribution in [0.1, 0.15) is 5.56 Å². The van der Waals surface area contributed by atoms with Crippen molar-refractivity contribution < 1.29 is 14.3 Å². The topological polar surface area (TPSA) is 70.7 Å². The van der Waals surface area contributed by atoms with Crippen molar-refractivity contribution >= 4 is 27.1 Å². The van der Waals surface area contributed by atoms with Crippen LogP contribution < -0.4 is 10.6 Å². The van der Waals surface area contributed by atoms with E-state index in [9.17, 15) is 9.59 Å². The van der Waals surface area contributed by atoms with Crippen LogP contribution in [0.2, 0.25) is 0 Å². The molecule has 1 unspecified atom stereocenters. The Bertz CT molecular complexity index is 462. The highest BCUT2D eigenvalue weighted by Crippen LogP contribution is 2.15. The summed E-state index contributed by atoms with van der Waals surface area (Å²) in [7, 11) is 7.20. The maximum Gasteiger partial charge on any atom is 0.323 e. The van der Waals surface area contributed by atoms with Crippen LogP contribution in [-0.2, 0) is 16.0 Å². The molecular formula is C13H20N3O3P. The molecule has 7 heteroatoms. The number of hydrogen-bond donors (Lipinski definition) is 2. The Hall–Kier alpha value is -1.65. The third kappa shape index (κ3) is 4.79. The van der Waals surface area contributed by atoms with E-state index < -0.39 is 0 Å². The molecule has 1 aromatic rings. The minimum absolute atomic E-state index is 0.269. The lowest BCUT2D eigenvalue weighted by molar-refractivity contribution is -0.144. The summed E-state index contributed by atoms with van der Waals surface area (Å²) in [6.45, 7) is 0. The first-order chi connectivity index (χ1) is 9.47. The summed E-state index contributed by atoms with van der Waals surface area (Å²) in [5.41, 5.74) is 1.68. The fourth-order valence-electron chi connectivity index (χ4n) is 1.67. The van der Waals surface area contributed by atoms with Crippen molar-refractivity contribution in [2.75, 3.05) is 26.5 Å². The average molecular weight is 297 g/mol. The third-order valence-electron chi connectivity index (χ3n) is 2.83. The number of benzene rings is 1. The van der Waals surface area contributed by atoms with E-state index in [1.807, 2.05) is 12.1 Å². The molecule has 0 aliphatic carbocycles. The van der Waals surface area contributed by atoms with E-state index >= 15 is 0 Å². The third-order valence-corrected chi connectivity index (χ3v) is 3.19. The van der Waals surface area contributed by atoms with E-state index in [-0.39, 0.29) is 18.0 Å². The van der Waals surface area contributed by atoms with Crippen molar-refractivity contribution in [3.8, 4) is 0 Å². The number of carbonyl (C=O) groups is 2. The number of amides is 2. The summed E-state index contributed by atoms with van der Waals surface area (Å²) in [6, 6.07) is 6.70. The molecule has 0 fully saturated rings. The first-order valence-corrected chi connectivity index (χ1v) is 6.62. The fourth-order valence-corrected chi connectivity index (χ4v) is 1.90. The normalized spacial score (nSPS) is 11.8. The highest BCUT2D eigenvalue weighted by Gasteiger charge is 2.21. The molecule has 6 nitrogen and oxygen atoms in total. The summed E-state index contributed by atoms with van der Waals surface area (Å²) in [5.74, 6) is -0.282. The highest BCUT2D eigenvalue weighted by molar-refractivity contribution is 7.13. The zero-order chi connectivity index (χ0) is 15.1. The summed E-state index contributed by atoms with van der Waals surface area (Å²) in [4.78, 5) is 22.8. The van der Waals surface area contributed by atoms with Gasteiger partial charge in [0.25, 0.3) is 0 Å². The molecule has 0 bridgehead atoms. The van der Waals surface area contributed by atoms with Crippen LogP contribution in [0.15, 0.2) is 24.3 Å². The van der Waals surface area contributed by atoms with Gasteiger partial charge in [0.05, 0.1) is 7.11 Å². The van der Waals surface area contributed by atoms with Gasteiger partial charge in [-0.3, -0.25) is 9.46 Å². The Morgan fingerprint density at radius 3 is 2.40 bits per heavy atom. The van der Waals surface area contributed by atoms with Gasteiger partial charge in [0.1, 0.15) is 6.04 Å². The van der Waals surface area contributed by atoms with Crippen LogP contribution in [-0.4, -0.2) is 43.9 Å². The number of anilines is 1. The lowest BCUT2D eigenvalue weighted by Crippen LogP contribution is -2.35. The standard InChI is InChI=1S/C13H20N3O3P/c1-14-13(18)15-10-6-4-9(5-7-10)8-11(16(2)20)12(17)19-3/h4-7,11H,8,20H2,1-3H3,(H2,14,15,18)/t11-/m0/s1. The molecular weight excluding hydrogens is 277 g/mol. The maximum atomic E-state index is 11.7. The van der Waals surface area contributed by atoms with Gasteiger partial charge in [-0.25, -0.2) is 4.79 Å². The van der Waals surface area contributed by atoms with Crippen LogP contribution in [0.3, 0.4) is 0 Å². The first-order valence-electron chi connectivity index (χ1n) is 6.11.